The molecule has 0 atom stereocenters. The molecule has 0 saturated carbocycles. The van der Waals surface area contributed by atoms with Crippen LogP contribution in [0, 0.1) is 5.82 Å². The van der Waals surface area contributed by atoms with Crippen molar-refractivity contribution in [3.05, 3.63) is 47.2 Å². The molecule has 0 unspecified atom stereocenters. The molecule has 1 heterocycles. The highest BCUT2D eigenvalue weighted by Gasteiger charge is 2.08. The average Bonchev–Trinajstić information content (AvgIpc) is 2.85. The summed E-state index contributed by atoms with van der Waals surface area (Å²) in [5.74, 6) is 0.909. The standard InChI is InChI=1S/C14H11ClFN3O/c1-20-9-3-5-13-10(7-9)14(19-18-13)17-8-2-4-12(16)11(15)6-8/h2-7H,1H3,(H2,17,18,19). The molecular formula is C14H11ClFN3O. The van der Waals surface area contributed by atoms with Gasteiger partial charge in [-0.2, -0.15) is 5.10 Å². The summed E-state index contributed by atoms with van der Waals surface area (Å²) in [6.45, 7) is 0. The predicted octanol–water partition coefficient (Wildman–Crippen LogP) is 4.11. The molecule has 0 amide bonds. The molecule has 20 heavy (non-hydrogen) atoms. The first-order valence-electron chi connectivity index (χ1n) is 5.91. The number of hydrogen-bond acceptors (Lipinski definition) is 3. The van der Waals surface area contributed by atoms with Gasteiger partial charge in [0.15, 0.2) is 5.82 Å². The van der Waals surface area contributed by atoms with E-state index in [2.05, 4.69) is 15.5 Å². The van der Waals surface area contributed by atoms with E-state index < -0.39 is 5.82 Å². The molecule has 3 aromatic rings. The first-order valence-corrected chi connectivity index (χ1v) is 6.29. The van der Waals surface area contributed by atoms with Crippen molar-refractivity contribution in [2.75, 3.05) is 12.4 Å². The molecule has 0 aliphatic carbocycles. The zero-order chi connectivity index (χ0) is 14.1. The van der Waals surface area contributed by atoms with Crippen LogP contribution in [0.2, 0.25) is 5.02 Å². The Kier molecular flexibility index (Phi) is 3.20. The number of aromatic nitrogens is 2. The quantitative estimate of drug-likeness (QED) is 0.763. The molecule has 6 heteroatoms. The smallest absolute Gasteiger partial charge is 0.160 e. The van der Waals surface area contributed by atoms with Crippen molar-refractivity contribution < 1.29 is 9.13 Å². The molecule has 102 valence electrons. The number of ether oxygens (including phenoxy) is 1. The zero-order valence-corrected chi connectivity index (χ0v) is 11.3. The Balaban J connectivity index is 1.99. The number of H-pyrrole nitrogens is 1. The van der Waals surface area contributed by atoms with E-state index in [1.165, 1.54) is 12.1 Å². The summed E-state index contributed by atoms with van der Waals surface area (Å²) in [5, 5.41) is 11.1. The molecule has 2 N–H and O–H groups in total. The fourth-order valence-electron chi connectivity index (χ4n) is 1.93. The third-order valence-corrected chi connectivity index (χ3v) is 3.24. The number of rotatable bonds is 3. The lowest BCUT2D eigenvalue weighted by Crippen LogP contribution is -1.92. The Morgan fingerprint density at radius 1 is 1.25 bits per heavy atom. The zero-order valence-electron chi connectivity index (χ0n) is 10.6. The van der Waals surface area contributed by atoms with Crippen molar-refractivity contribution in [2.45, 2.75) is 0 Å². The van der Waals surface area contributed by atoms with E-state index in [-0.39, 0.29) is 5.02 Å². The van der Waals surface area contributed by atoms with Gasteiger partial charge in [-0.15, -0.1) is 0 Å². The summed E-state index contributed by atoms with van der Waals surface area (Å²) >= 11 is 5.76. The van der Waals surface area contributed by atoms with Crippen LogP contribution in [0.3, 0.4) is 0 Å². The molecule has 0 radical (unpaired) electrons. The van der Waals surface area contributed by atoms with Crippen molar-refractivity contribution in [3.8, 4) is 5.75 Å². The van der Waals surface area contributed by atoms with Crippen molar-refractivity contribution in [1.82, 2.24) is 10.2 Å². The van der Waals surface area contributed by atoms with Gasteiger partial charge in [0.25, 0.3) is 0 Å². The lowest BCUT2D eigenvalue weighted by molar-refractivity contribution is 0.415. The van der Waals surface area contributed by atoms with Crippen molar-refractivity contribution in [1.29, 1.82) is 0 Å². The van der Waals surface area contributed by atoms with Crippen LogP contribution in [0.1, 0.15) is 0 Å². The molecule has 3 rings (SSSR count). The molecule has 0 bridgehead atoms. The maximum absolute atomic E-state index is 13.1. The second kappa shape index (κ2) is 5.02. The highest BCUT2D eigenvalue weighted by molar-refractivity contribution is 6.31. The van der Waals surface area contributed by atoms with E-state index in [0.29, 0.717) is 11.5 Å². The van der Waals surface area contributed by atoms with Gasteiger partial charge in [0, 0.05) is 11.1 Å². The number of benzene rings is 2. The monoisotopic (exact) mass is 291 g/mol. The summed E-state index contributed by atoms with van der Waals surface area (Å²) in [5.41, 5.74) is 1.54. The van der Waals surface area contributed by atoms with E-state index in [9.17, 15) is 4.39 Å². The number of nitrogens with zero attached hydrogens (tertiary/aromatic N) is 1. The summed E-state index contributed by atoms with van der Waals surface area (Å²) in [4.78, 5) is 0. The number of anilines is 2. The summed E-state index contributed by atoms with van der Waals surface area (Å²) in [7, 11) is 1.61. The number of fused-ring (bicyclic) bond motifs is 1. The molecule has 4 nitrogen and oxygen atoms in total. The third kappa shape index (κ3) is 2.28. The lowest BCUT2D eigenvalue weighted by Gasteiger charge is -2.05. The highest BCUT2D eigenvalue weighted by Crippen LogP contribution is 2.28. The lowest BCUT2D eigenvalue weighted by atomic mass is 10.2. The number of halogens is 2. The van der Waals surface area contributed by atoms with Gasteiger partial charge < -0.3 is 10.1 Å². The first kappa shape index (κ1) is 12.7. The average molecular weight is 292 g/mol. The Morgan fingerprint density at radius 3 is 2.85 bits per heavy atom. The van der Waals surface area contributed by atoms with Crippen LogP contribution in [0.4, 0.5) is 15.9 Å². The predicted molar refractivity (Wildman–Crippen MR) is 77.3 cm³/mol. The summed E-state index contributed by atoms with van der Waals surface area (Å²) in [6, 6.07) is 10.0. The van der Waals surface area contributed by atoms with Crippen molar-refractivity contribution >= 4 is 34.0 Å². The van der Waals surface area contributed by atoms with E-state index >= 15 is 0 Å². The number of hydrogen-bond donors (Lipinski definition) is 2. The van der Waals surface area contributed by atoms with Gasteiger partial charge in [-0.3, -0.25) is 5.10 Å². The number of aromatic amines is 1. The van der Waals surface area contributed by atoms with Crippen LogP contribution in [-0.4, -0.2) is 17.3 Å². The van der Waals surface area contributed by atoms with E-state index in [1.807, 2.05) is 18.2 Å². The van der Waals surface area contributed by atoms with Gasteiger partial charge in [-0.25, -0.2) is 4.39 Å². The fraction of sp³-hybridized carbons (Fsp3) is 0.0714. The Morgan fingerprint density at radius 2 is 2.10 bits per heavy atom. The van der Waals surface area contributed by atoms with E-state index in [1.54, 1.807) is 13.2 Å². The molecule has 0 saturated heterocycles. The summed E-state index contributed by atoms with van der Waals surface area (Å²) < 4.78 is 18.3. The highest BCUT2D eigenvalue weighted by atomic mass is 35.5. The van der Waals surface area contributed by atoms with E-state index in [0.717, 1.165) is 16.7 Å². The van der Waals surface area contributed by atoms with Crippen molar-refractivity contribution in [2.24, 2.45) is 0 Å². The second-order valence-corrected chi connectivity index (χ2v) is 4.64. The number of nitrogens with one attached hydrogen (secondary N) is 2. The molecule has 1 aromatic heterocycles. The fourth-order valence-corrected chi connectivity index (χ4v) is 2.11. The van der Waals surface area contributed by atoms with Crippen molar-refractivity contribution in [3.63, 3.8) is 0 Å². The Bertz CT molecular complexity index is 772. The minimum absolute atomic E-state index is 0.0624. The van der Waals surface area contributed by atoms with Gasteiger partial charge >= 0.3 is 0 Å². The second-order valence-electron chi connectivity index (χ2n) is 4.24. The Hall–Kier alpha value is -2.27. The maximum atomic E-state index is 13.1. The molecule has 0 fully saturated rings. The van der Waals surface area contributed by atoms with Crippen LogP contribution in [0.5, 0.6) is 5.75 Å². The Labute approximate surface area is 119 Å². The molecule has 2 aromatic carbocycles. The SMILES string of the molecule is COc1ccc2[nH]nc(Nc3ccc(F)c(Cl)c3)c2c1. The minimum atomic E-state index is -0.453. The van der Waals surface area contributed by atoms with Gasteiger partial charge in [-0.05, 0) is 36.4 Å². The molecular weight excluding hydrogens is 281 g/mol. The summed E-state index contributed by atoms with van der Waals surface area (Å²) in [6.07, 6.45) is 0. The third-order valence-electron chi connectivity index (χ3n) is 2.95. The van der Waals surface area contributed by atoms with E-state index in [4.69, 9.17) is 16.3 Å². The van der Waals surface area contributed by atoms with Gasteiger partial charge in [0.05, 0.1) is 17.6 Å². The van der Waals surface area contributed by atoms with Gasteiger partial charge in [0.1, 0.15) is 11.6 Å². The van der Waals surface area contributed by atoms with Crippen LogP contribution < -0.4 is 10.1 Å². The maximum Gasteiger partial charge on any atom is 0.160 e. The van der Waals surface area contributed by atoms with Crippen LogP contribution >= 0.6 is 11.6 Å². The number of methoxy groups -OCH3 is 1. The normalized spacial score (nSPS) is 10.8. The molecule has 0 aliphatic rings. The van der Waals surface area contributed by atoms with Crippen LogP contribution in [0.15, 0.2) is 36.4 Å². The van der Waals surface area contributed by atoms with Gasteiger partial charge in [-0.1, -0.05) is 11.6 Å². The van der Waals surface area contributed by atoms with Crippen LogP contribution in [0.25, 0.3) is 10.9 Å². The van der Waals surface area contributed by atoms with Gasteiger partial charge in [0.2, 0.25) is 0 Å². The molecule has 0 aliphatic heterocycles. The first-order chi connectivity index (χ1) is 9.67. The topological polar surface area (TPSA) is 49.9 Å². The molecule has 0 spiro atoms. The largest absolute Gasteiger partial charge is 0.497 e. The van der Waals surface area contributed by atoms with Crippen LogP contribution in [-0.2, 0) is 0 Å². The minimum Gasteiger partial charge on any atom is -0.497 e.